The van der Waals surface area contributed by atoms with Gasteiger partial charge in [-0.1, -0.05) is 23.2 Å². The molecule has 1 nitrogen and oxygen atoms in total. The molecule has 3 heteroatoms. The molecule has 0 amide bonds. The minimum atomic E-state index is -0.689. The number of nitrogens with zero attached hydrogens (tertiary/aromatic N) is 1. The highest BCUT2D eigenvalue weighted by Crippen LogP contribution is 2.33. The van der Waals surface area contributed by atoms with Gasteiger partial charge in [-0.3, -0.25) is 4.99 Å². The van der Waals surface area contributed by atoms with E-state index in [-0.39, 0.29) is 0 Å². The van der Waals surface area contributed by atoms with Gasteiger partial charge in [0, 0.05) is 5.71 Å². The largest absolute Gasteiger partial charge is 0.262 e. The molecule has 0 aromatic rings. The van der Waals surface area contributed by atoms with E-state index in [2.05, 4.69) is 4.99 Å². The monoisotopic (exact) mass is 163 g/mol. The molecule has 0 aromatic heterocycles. The Labute approximate surface area is 64.4 Å². The van der Waals surface area contributed by atoms with Crippen LogP contribution < -0.4 is 0 Å². The Kier molecular flexibility index (Phi) is 1.57. The van der Waals surface area contributed by atoms with Crippen molar-refractivity contribution in [1.29, 1.82) is 0 Å². The summed E-state index contributed by atoms with van der Waals surface area (Å²) >= 11 is 11.5. The zero-order valence-corrected chi connectivity index (χ0v) is 6.79. The van der Waals surface area contributed by atoms with Crippen molar-refractivity contribution in [3.63, 3.8) is 0 Å². The first-order chi connectivity index (χ1) is 4.02. The van der Waals surface area contributed by atoms with Gasteiger partial charge in [-0.05, 0) is 19.9 Å². The highest BCUT2D eigenvalue weighted by Gasteiger charge is 2.27. The molecule has 9 heavy (non-hydrogen) atoms. The maximum atomic E-state index is 5.83. The second kappa shape index (κ2) is 1.99. The maximum absolute atomic E-state index is 5.83. The molecule has 0 bridgehead atoms. The molecule has 1 aliphatic heterocycles. The van der Waals surface area contributed by atoms with Gasteiger partial charge in [0.25, 0.3) is 0 Å². The summed E-state index contributed by atoms with van der Waals surface area (Å²) in [7, 11) is 0. The topological polar surface area (TPSA) is 12.4 Å². The van der Waals surface area contributed by atoms with Crippen LogP contribution in [-0.2, 0) is 0 Å². The fourth-order valence-corrected chi connectivity index (χ4v) is 1.12. The quantitative estimate of drug-likeness (QED) is 0.385. The minimum absolute atomic E-state index is 0.599. The number of aliphatic imine (C=N–C) groups is 1. The van der Waals surface area contributed by atoms with Crippen LogP contribution in [0.5, 0.6) is 0 Å². The van der Waals surface area contributed by atoms with Crippen LogP contribution in [0.4, 0.5) is 0 Å². The Balaban J connectivity index is 2.96. The van der Waals surface area contributed by atoms with Gasteiger partial charge in [0.15, 0.2) is 5.00 Å². The molecule has 1 unspecified atom stereocenters. The Morgan fingerprint density at radius 1 is 1.67 bits per heavy atom. The van der Waals surface area contributed by atoms with Crippen molar-refractivity contribution in [2.75, 3.05) is 0 Å². The Bertz CT molecular complexity index is 191. The summed E-state index contributed by atoms with van der Waals surface area (Å²) in [6.45, 7) is 3.64. The average molecular weight is 164 g/mol. The molecule has 1 aliphatic rings. The van der Waals surface area contributed by atoms with Crippen LogP contribution in [0, 0.1) is 0 Å². The van der Waals surface area contributed by atoms with E-state index in [1.807, 2.05) is 6.92 Å². The summed E-state index contributed by atoms with van der Waals surface area (Å²) in [5.74, 6) is 0. The van der Waals surface area contributed by atoms with Gasteiger partial charge < -0.3 is 0 Å². The van der Waals surface area contributed by atoms with Crippen LogP contribution in [0.15, 0.2) is 16.1 Å². The highest BCUT2D eigenvalue weighted by atomic mass is 35.5. The van der Waals surface area contributed by atoms with Gasteiger partial charge >= 0.3 is 0 Å². The molecule has 0 aliphatic carbocycles. The number of hydrogen-bond acceptors (Lipinski definition) is 1. The Hall–Kier alpha value is -0.0100. The Morgan fingerprint density at radius 2 is 2.22 bits per heavy atom. The average Bonchev–Trinajstić information content (AvgIpc) is 1.79. The van der Waals surface area contributed by atoms with Gasteiger partial charge in [-0.2, -0.15) is 0 Å². The summed E-state index contributed by atoms with van der Waals surface area (Å²) in [4.78, 5) is 3.37. The molecular weight excluding hydrogens is 157 g/mol. The van der Waals surface area contributed by atoms with Crippen molar-refractivity contribution in [3.8, 4) is 0 Å². The maximum Gasteiger partial charge on any atom is 0.166 e. The second-order valence-corrected chi connectivity index (χ2v) is 3.34. The van der Waals surface area contributed by atoms with Gasteiger partial charge in [-0.25, -0.2) is 0 Å². The zero-order valence-electron chi connectivity index (χ0n) is 5.28. The summed E-state index contributed by atoms with van der Waals surface area (Å²) < 4.78 is 0. The molecule has 1 atom stereocenters. The van der Waals surface area contributed by atoms with Crippen LogP contribution in [0.25, 0.3) is 0 Å². The normalized spacial score (nSPS) is 34.2. The standard InChI is InChI=1S/C6H7Cl2N/c1-4-3-5(7)6(2,8)9-4/h3H,1-2H3. The van der Waals surface area contributed by atoms with Crippen molar-refractivity contribution in [2.24, 2.45) is 4.99 Å². The predicted molar refractivity (Wildman–Crippen MR) is 41.3 cm³/mol. The smallest absolute Gasteiger partial charge is 0.166 e. The molecular formula is C6H7Cl2N. The van der Waals surface area contributed by atoms with Gasteiger partial charge in [-0.15, -0.1) is 0 Å². The van der Waals surface area contributed by atoms with E-state index in [9.17, 15) is 0 Å². The second-order valence-electron chi connectivity index (χ2n) is 2.20. The van der Waals surface area contributed by atoms with Gasteiger partial charge in [0.2, 0.25) is 0 Å². The molecule has 1 heterocycles. The van der Waals surface area contributed by atoms with E-state index in [0.717, 1.165) is 5.71 Å². The van der Waals surface area contributed by atoms with Gasteiger partial charge in [0.1, 0.15) is 0 Å². The van der Waals surface area contributed by atoms with Gasteiger partial charge in [0.05, 0.1) is 5.03 Å². The molecule has 0 N–H and O–H groups in total. The first kappa shape index (κ1) is 7.10. The molecule has 0 aromatic carbocycles. The van der Waals surface area contributed by atoms with Crippen molar-refractivity contribution in [3.05, 3.63) is 11.1 Å². The summed E-state index contributed by atoms with van der Waals surface area (Å²) in [5.41, 5.74) is 0.887. The molecule has 0 radical (unpaired) electrons. The summed E-state index contributed by atoms with van der Waals surface area (Å²) in [6, 6.07) is 0. The third kappa shape index (κ3) is 1.28. The number of hydrogen-bond donors (Lipinski definition) is 0. The predicted octanol–water partition coefficient (Wildman–Crippen LogP) is 2.54. The van der Waals surface area contributed by atoms with E-state index in [1.165, 1.54) is 0 Å². The third-order valence-electron chi connectivity index (χ3n) is 1.16. The van der Waals surface area contributed by atoms with Crippen LogP contribution in [-0.4, -0.2) is 10.7 Å². The summed E-state index contributed by atoms with van der Waals surface area (Å²) in [6.07, 6.45) is 1.77. The fraction of sp³-hybridized carbons (Fsp3) is 0.500. The van der Waals surface area contributed by atoms with Crippen molar-refractivity contribution in [2.45, 2.75) is 18.8 Å². The third-order valence-corrected chi connectivity index (χ3v) is 2.02. The van der Waals surface area contributed by atoms with Crippen LogP contribution in [0.1, 0.15) is 13.8 Å². The summed E-state index contributed by atoms with van der Waals surface area (Å²) in [5, 5.41) is 0.599. The molecule has 0 saturated carbocycles. The first-order valence-corrected chi connectivity index (χ1v) is 3.41. The molecule has 0 saturated heterocycles. The molecule has 50 valence electrons. The highest BCUT2D eigenvalue weighted by molar-refractivity contribution is 6.41. The zero-order chi connectivity index (χ0) is 7.07. The minimum Gasteiger partial charge on any atom is -0.262 e. The van der Waals surface area contributed by atoms with E-state index in [4.69, 9.17) is 23.2 Å². The number of alkyl halides is 1. The Morgan fingerprint density at radius 3 is 2.33 bits per heavy atom. The molecule has 1 rings (SSSR count). The molecule has 0 fully saturated rings. The number of allylic oxidation sites excluding steroid dienone is 1. The lowest BCUT2D eigenvalue weighted by molar-refractivity contribution is 0.834. The van der Waals surface area contributed by atoms with Crippen molar-refractivity contribution >= 4 is 28.9 Å². The SMILES string of the molecule is CC1=NC(C)(Cl)C(Cl)=C1. The number of rotatable bonds is 0. The lowest BCUT2D eigenvalue weighted by Gasteiger charge is -2.09. The van der Waals surface area contributed by atoms with Crippen LogP contribution in [0.3, 0.4) is 0 Å². The van der Waals surface area contributed by atoms with E-state index in [1.54, 1.807) is 13.0 Å². The van der Waals surface area contributed by atoms with Crippen LogP contribution in [0.2, 0.25) is 0 Å². The fourth-order valence-electron chi connectivity index (χ4n) is 0.732. The van der Waals surface area contributed by atoms with Crippen LogP contribution >= 0.6 is 23.2 Å². The molecule has 0 spiro atoms. The first-order valence-electron chi connectivity index (χ1n) is 2.65. The number of halogens is 2. The van der Waals surface area contributed by atoms with Crippen molar-refractivity contribution in [1.82, 2.24) is 0 Å². The van der Waals surface area contributed by atoms with E-state index < -0.39 is 5.00 Å². The lowest BCUT2D eigenvalue weighted by atomic mass is 10.3. The van der Waals surface area contributed by atoms with Crippen molar-refractivity contribution < 1.29 is 0 Å². The van der Waals surface area contributed by atoms with E-state index in [0.29, 0.717) is 5.03 Å². The van der Waals surface area contributed by atoms with E-state index >= 15 is 0 Å². The lowest BCUT2D eigenvalue weighted by Crippen LogP contribution is -2.08.